The molecule has 1 atom stereocenters. The van der Waals surface area contributed by atoms with Crippen LogP contribution in [0.5, 0.6) is 5.75 Å². The Morgan fingerprint density at radius 2 is 1.70 bits per heavy atom. The predicted octanol–water partition coefficient (Wildman–Crippen LogP) is 4.29. The third-order valence-corrected chi connectivity index (χ3v) is 3.01. The summed E-state index contributed by atoms with van der Waals surface area (Å²) in [5.41, 5.74) is 0.696. The standard InChI is InChI=1S/C15H14F3NO/c1-9(10-5-3-4-6-13(10)20-2)19-12-8-7-11(16)14(17)15(12)18/h3-9,19H,1-2H3. The number of methoxy groups -OCH3 is 1. The average molecular weight is 281 g/mol. The first kappa shape index (κ1) is 14.2. The molecule has 0 spiro atoms. The molecular weight excluding hydrogens is 267 g/mol. The van der Waals surface area contributed by atoms with Gasteiger partial charge in [0, 0.05) is 5.56 Å². The van der Waals surface area contributed by atoms with Crippen molar-refractivity contribution in [3.05, 3.63) is 59.4 Å². The van der Waals surface area contributed by atoms with Crippen molar-refractivity contribution < 1.29 is 17.9 Å². The zero-order chi connectivity index (χ0) is 14.7. The lowest BCUT2D eigenvalue weighted by Crippen LogP contribution is -2.10. The quantitative estimate of drug-likeness (QED) is 0.844. The molecule has 1 unspecified atom stereocenters. The molecule has 2 nitrogen and oxygen atoms in total. The number of hydrogen-bond donors (Lipinski definition) is 1. The number of hydrogen-bond acceptors (Lipinski definition) is 2. The lowest BCUT2D eigenvalue weighted by atomic mass is 10.1. The Hall–Kier alpha value is -2.17. The zero-order valence-electron chi connectivity index (χ0n) is 11.1. The average Bonchev–Trinajstić information content (AvgIpc) is 2.47. The van der Waals surface area contributed by atoms with E-state index in [-0.39, 0.29) is 11.7 Å². The number of rotatable bonds is 4. The minimum atomic E-state index is -1.48. The highest BCUT2D eigenvalue weighted by molar-refractivity contribution is 5.49. The van der Waals surface area contributed by atoms with E-state index in [4.69, 9.17) is 4.74 Å². The van der Waals surface area contributed by atoms with Gasteiger partial charge in [-0.05, 0) is 25.1 Å². The molecule has 0 radical (unpaired) electrons. The number of benzene rings is 2. The summed E-state index contributed by atoms with van der Waals surface area (Å²) in [5.74, 6) is -3.29. The summed E-state index contributed by atoms with van der Waals surface area (Å²) in [6.07, 6.45) is 0. The van der Waals surface area contributed by atoms with Gasteiger partial charge in [-0.15, -0.1) is 0 Å². The molecule has 20 heavy (non-hydrogen) atoms. The number of nitrogens with one attached hydrogen (secondary N) is 1. The Labute approximate surface area is 115 Å². The van der Waals surface area contributed by atoms with Gasteiger partial charge in [-0.25, -0.2) is 13.2 Å². The number of ether oxygens (including phenoxy) is 1. The smallest absolute Gasteiger partial charge is 0.196 e. The Morgan fingerprint density at radius 3 is 2.40 bits per heavy atom. The van der Waals surface area contributed by atoms with Crippen LogP contribution in [0, 0.1) is 17.5 Å². The van der Waals surface area contributed by atoms with E-state index in [2.05, 4.69) is 5.32 Å². The molecule has 1 N–H and O–H groups in total. The Bertz CT molecular complexity index is 616. The number of para-hydroxylation sites is 1. The van der Waals surface area contributed by atoms with Gasteiger partial charge in [0.2, 0.25) is 0 Å². The molecule has 106 valence electrons. The van der Waals surface area contributed by atoms with Crippen LogP contribution >= 0.6 is 0 Å². The Morgan fingerprint density at radius 1 is 1.00 bits per heavy atom. The van der Waals surface area contributed by atoms with E-state index in [1.165, 1.54) is 13.2 Å². The molecular formula is C15H14F3NO. The highest BCUT2D eigenvalue weighted by Gasteiger charge is 2.17. The molecule has 2 rings (SSSR count). The van der Waals surface area contributed by atoms with Crippen LogP contribution in [0.3, 0.4) is 0 Å². The van der Waals surface area contributed by atoms with Gasteiger partial charge in [0.05, 0.1) is 18.8 Å². The minimum Gasteiger partial charge on any atom is -0.496 e. The van der Waals surface area contributed by atoms with Crippen molar-refractivity contribution in [1.29, 1.82) is 0 Å². The normalized spacial score (nSPS) is 12.1. The van der Waals surface area contributed by atoms with Gasteiger partial charge >= 0.3 is 0 Å². The van der Waals surface area contributed by atoms with Crippen LogP contribution in [0.1, 0.15) is 18.5 Å². The van der Waals surface area contributed by atoms with Gasteiger partial charge in [-0.3, -0.25) is 0 Å². The molecule has 0 heterocycles. The van der Waals surface area contributed by atoms with Gasteiger partial charge in [0.25, 0.3) is 0 Å². The van der Waals surface area contributed by atoms with E-state index in [0.29, 0.717) is 5.75 Å². The lowest BCUT2D eigenvalue weighted by Gasteiger charge is -2.18. The molecule has 0 saturated carbocycles. The highest BCUT2D eigenvalue weighted by atomic mass is 19.2. The number of anilines is 1. The fraction of sp³-hybridized carbons (Fsp3) is 0.200. The fourth-order valence-electron chi connectivity index (χ4n) is 1.97. The van der Waals surface area contributed by atoms with Crippen LogP contribution in [0.2, 0.25) is 0 Å². The third-order valence-electron chi connectivity index (χ3n) is 3.01. The molecule has 0 fully saturated rings. The van der Waals surface area contributed by atoms with Gasteiger partial charge < -0.3 is 10.1 Å². The Balaban J connectivity index is 2.28. The van der Waals surface area contributed by atoms with Gasteiger partial charge in [-0.1, -0.05) is 18.2 Å². The third kappa shape index (κ3) is 2.71. The molecule has 0 aliphatic carbocycles. The summed E-state index contributed by atoms with van der Waals surface area (Å²) in [7, 11) is 1.53. The summed E-state index contributed by atoms with van der Waals surface area (Å²) < 4.78 is 44.9. The van der Waals surface area contributed by atoms with Crippen LogP contribution in [-0.2, 0) is 0 Å². The molecule has 2 aromatic rings. The monoisotopic (exact) mass is 281 g/mol. The van der Waals surface area contributed by atoms with E-state index in [1.54, 1.807) is 13.0 Å². The second kappa shape index (κ2) is 5.86. The van der Waals surface area contributed by atoms with E-state index >= 15 is 0 Å². The van der Waals surface area contributed by atoms with E-state index in [9.17, 15) is 13.2 Å². The summed E-state index contributed by atoms with van der Waals surface area (Å²) in [6.45, 7) is 1.78. The highest BCUT2D eigenvalue weighted by Crippen LogP contribution is 2.29. The van der Waals surface area contributed by atoms with Crippen LogP contribution < -0.4 is 10.1 Å². The summed E-state index contributed by atoms with van der Waals surface area (Å²) >= 11 is 0. The van der Waals surface area contributed by atoms with E-state index in [1.807, 2.05) is 18.2 Å². The molecule has 0 aromatic heterocycles. The second-order valence-corrected chi connectivity index (χ2v) is 4.33. The zero-order valence-corrected chi connectivity index (χ0v) is 11.1. The van der Waals surface area contributed by atoms with Crippen LogP contribution in [0.25, 0.3) is 0 Å². The largest absolute Gasteiger partial charge is 0.496 e. The maximum Gasteiger partial charge on any atom is 0.196 e. The minimum absolute atomic E-state index is 0.0951. The Kier molecular flexibility index (Phi) is 4.17. The molecule has 0 saturated heterocycles. The van der Waals surface area contributed by atoms with Gasteiger partial charge in [-0.2, -0.15) is 0 Å². The fourth-order valence-corrected chi connectivity index (χ4v) is 1.97. The number of halogens is 3. The molecule has 0 aliphatic rings. The summed E-state index contributed by atoms with van der Waals surface area (Å²) in [6, 6.07) is 8.94. The first-order chi connectivity index (χ1) is 9.54. The van der Waals surface area contributed by atoms with Crippen molar-refractivity contribution in [3.8, 4) is 5.75 Å². The van der Waals surface area contributed by atoms with E-state index < -0.39 is 17.5 Å². The van der Waals surface area contributed by atoms with Crippen molar-refractivity contribution in [2.75, 3.05) is 12.4 Å². The first-order valence-corrected chi connectivity index (χ1v) is 6.07. The lowest BCUT2D eigenvalue weighted by molar-refractivity contribution is 0.407. The predicted molar refractivity (Wildman–Crippen MR) is 71.3 cm³/mol. The summed E-state index contributed by atoms with van der Waals surface area (Å²) in [4.78, 5) is 0. The van der Waals surface area contributed by atoms with Gasteiger partial charge in [0.1, 0.15) is 5.75 Å². The summed E-state index contributed by atoms with van der Waals surface area (Å²) in [5, 5.41) is 2.81. The maximum atomic E-state index is 13.6. The maximum absolute atomic E-state index is 13.6. The van der Waals surface area contributed by atoms with Crippen molar-refractivity contribution in [1.82, 2.24) is 0 Å². The SMILES string of the molecule is COc1ccccc1C(C)Nc1ccc(F)c(F)c1F. The van der Waals surface area contributed by atoms with Crippen molar-refractivity contribution >= 4 is 5.69 Å². The molecule has 5 heteroatoms. The van der Waals surface area contributed by atoms with Gasteiger partial charge in [0.15, 0.2) is 17.5 Å². The van der Waals surface area contributed by atoms with Crippen LogP contribution in [-0.4, -0.2) is 7.11 Å². The van der Waals surface area contributed by atoms with Crippen molar-refractivity contribution in [2.24, 2.45) is 0 Å². The molecule has 0 amide bonds. The van der Waals surface area contributed by atoms with E-state index in [0.717, 1.165) is 11.6 Å². The van der Waals surface area contributed by atoms with Crippen LogP contribution in [0.4, 0.5) is 18.9 Å². The molecule has 0 aliphatic heterocycles. The molecule has 2 aromatic carbocycles. The molecule has 0 bridgehead atoms. The van der Waals surface area contributed by atoms with Crippen LogP contribution in [0.15, 0.2) is 36.4 Å². The second-order valence-electron chi connectivity index (χ2n) is 4.33. The van der Waals surface area contributed by atoms with Crippen molar-refractivity contribution in [3.63, 3.8) is 0 Å². The first-order valence-electron chi connectivity index (χ1n) is 6.07. The topological polar surface area (TPSA) is 21.3 Å². The van der Waals surface area contributed by atoms with Crippen molar-refractivity contribution in [2.45, 2.75) is 13.0 Å².